The van der Waals surface area contributed by atoms with Crippen molar-refractivity contribution in [3.05, 3.63) is 24.3 Å². The maximum Gasteiger partial charge on any atom is 0.331 e. The molecular weight excluding hydrogens is 302 g/mol. The van der Waals surface area contributed by atoms with E-state index >= 15 is 0 Å². The Bertz CT molecular complexity index is 643. The normalized spacial score (nSPS) is 24.8. The smallest absolute Gasteiger partial charge is 0.331 e. The Kier molecular flexibility index (Phi) is 3.99. The molecule has 2 amide bonds. The highest BCUT2D eigenvalue weighted by Gasteiger charge is 2.37. The molecule has 2 atom stereocenters. The number of likely N-dealkylation sites (tertiary alicyclic amines) is 1. The Morgan fingerprint density at radius 3 is 2.18 bits per heavy atom. The second-order valence-corrected chi connectivity index (χ2v) is 7.87. The molecule has 1 aliphatic heterocycles. The van der Waals surface area contributed by atoms with Crippen molar-refractivity contribution in [1.29, 1.82) is 0 Å². The first kappa shape index (κ1) is 15.1. The van der Waals surface area contributed by atoms with Crippen LogP contribution >= 0.6 is 0 Å². The number of anilines is 1. The SMILES string of the molecule is Nc1ccc(S(=O)(=O)NC(=O)N2CC3CCCCC3C2)cc1. The van der Waals surface area contributed by atoms with Crippen LogP contribution in [0.2, 0.25) is 0 Å². The fraction of sp³-hybridized carbons (Fsp3) is 0.533. The Morgan fingerprint density at radius 1 is 1.09 bits per heavy atom. The number of carbonyl (C=O) groups excluding carboxylic acids is 1. The topological polar surface area (TPSA) is 92.5 Å². The van der Waals surface area contributed by atoms with Gasteiger partial charge in [-0.3, -0.25) is 0 Å². The fourth-order valence-electron chi connectivity index (χ4n) is 3.46. The molecule has 3 rings (SSSR count). The van der Waals surface area contributed by atoms with Crippen molar-refractivity contribution < 1.29 is 13.2 Å². The van der Waals surface area contributed by atoms with Crippen molar-refractivity contribution in [2.75, 3.05) is 18.8 Å². The summed E-state index contributed by atoms with van der Waals surface area (Å²) in [5, 5.41) is 0. The molecule has 22 heavy (non-hydrogen) atoms. The van der Waals surface area contributed by atoms with E-state index in [0.717, 1.165) is 12.8 Å². The van der Waals surface area contributed by atoms with E-state index in [0.29, 0.717) is 30.6 Å². The minimum atomic E-state index is -3.84. The summed E-state index contributed by atoms with van der Waals surface area (Å²) in [6.45, 7) is 1.32. The van der Waals surface area contributed by atoms with E-state index in [-0.39, 0.29) is 4.90 Å². The summed E-state index contributed by atoms with van der Waals surface area (Å²) < 4.78 is 26.6. The molecular formula is C15H21N3O3S. The van der Waals surface area contributed by atoms with Crippen LogP contribution in [-0.2, 0) is 10.0 Å². The van der Waals surface area contributed by atoms with Crippen LogP contribution in [-0.4, -0.2) is 32.4 Å². The minimum absolute atomic E-state index is 0.0478. The first-order valence-electron chi connectivity index (χ1n) is 7.63. The minimum Gasteiger partial charge on any atom is -0.399 e. The van der Waals surface area contributed by atoms with E-state index in [1.54, 1.807) is 4.90 Å². The number of nitrogen functional groups attached to an aromatic ring is 1. The lowest BCUT2D eigenvalue weighted by molar-refractivity contribution is 0.212. The van der Waals surface area contributed by atoms with Crippen molar-refractivity contribution in [2.45, 2.75) is 30.6 Å². The Balaban J connectivity index is 1.67. The number of hydrogen-bond acceptors (Lipinski definition) is 4. The van der Waals surface area contributed by atoms with Crippen molar-refractivity contribution in [3.63, 3.8) is 0 Å². The summed E-state index contributed by atoms with van der Waals surface area (Å²) in [6.07, 6.45) is 4.69. The first-order chi connectivity index (χ1) is 10.5. The summed E-state index contributed by atoms with van der Waals surface area (Å²) in [4.78, 5) is 13.9. The molecule has 120 valence electrons. The van der Waals surface area contributed by atoms with Gasteiger partial charge in [-0.2, -0.15) is 0 Å². The summed E-state index contributed by atoms with van der Waals surface area (Å²) >= 11 is 0. The van der Waals surface area contributed by atoms with Gasteiger partial charge in [-0.1, -0.05) is 12.8 Å². The van der Waals surface area contributed by atoms with Crippen molar-refractivity contribution in [1.82, 2.24) is 9.62 Å². The van der Waals surface area contributed by atoms with Gasteiger partial charge >= 0.3 is 6.03 Å². The fourth-order valence-corrected chi connectivity index (χ4v) is 4.43. The first-order valence-corrected chi connectivity index (χ1v) is 9.11. The number of benzene rings is 1. The molecule has 1 aromatic rings. The summed E-state index contributed by atoms with van der Waals surface area (Å²) in [7, 11) is -3.84. The van der Waals surface area contributed by atoms with Gasteiger partial charge in [0.25, 0.3) is 10.0 Å². The van der Waals surface area contributed by atoms with Gasteiger partial charge in [0.05, 0.1) is 4.90 Å². The zero-order valence-electron chi connectivity index (χ0n) is 12.4. The molecule has 2 unspecified atom stereocenters. The molecule has 1 heterocycles. The zero-order chi connectivity index (χ0) is 15.7. The molecule has 0 bridgehead atoms. The molecule has 0 aromatic heterocycles. The van der Waals surface area contributed by atoms with Gasteiger partial charge < -0.3 is 10.6 Å². The number of nitrogens with one attached hydrogen (secondary N) is 1. The maximum absolute atomic E-state index is 12.3. The predicted molar refractivity (Wildman–Crippen MR) is 83.6 cm³/mol. The number of rotatable bonds is 2. The van der Waals surface area contributed by atoms with E-state index in [1.807, 2.05) is 0 Å². The van der Waals surface area contributed by atoms with E-state index in [4.69, 9.17) is 5.73 Å². The molecule has 0 radical (unpaired) electrons. The molecule has 3 N–H and O–H groups in total. The van der Waals surface area contributed by atoms with Crippen LogP contribution in [0, 0.1) is 11.8 Å². The number of carbonyl (C=O) groups is 1. The molecule has 7 heteroatoms. The van der Waals surface area contributed by atoms with E-state index in [9.17, 15) is 13.2 Å². The Hall–Kier alpha value is -1.76. The quantitative estimate of drug-likeness (QED) is 0.812. The lowest BCUT2D eigenvalue weighted by atomic mass is 9.82. The van der Waals surface area contributed by atoms with Crippen LogP contribution in [0.3, 0.4) is 0 Å². The maximum atomic E-state index is 12.3. The van der Waals surface area contributed by atoms with Crippen LogP contribution in [0.25, 0.3) is 0 Å². The highest BCUT2D eigenvalue weighted by Crippen LogP contribution is 2.36. The van der Waals surface area contributed by atoms with E-state index < -0.39 is 16.1 Å². The van der Waals surface area contributed by atoms with Gasteiger partial charge in [-0.25, -0.2) is 17.9 Å². The number of amides is 2. The summed E-state index contributed by atoms with van der Waals surface area (Å²) in [5.41, 5.74) is 6.03. The van der Waals surface area contributed by atoms with Crippen molar-refractivity contribution >= 4 is 21.7 Å². The molecule has 1 saturated heterocycles. The molecule has 0 spiro atoms. The number of hydrogen-bond donors (Lipinski definition) is 2. The van der Waals surface area contributed by atoms with Gasteiger partial charge in [-0.05, 0) is 48.9 Å². The van der Waals surface area contributed by atoms with Crippen LogP contribution in [0.1, 0.15) is 25.7 Å². The lowest BCUT2D eigenvalue weighted by Crippen LogP contribution is -2.41. The molecule has 1 saturated carbocycles. The number of urea groups is 1. The van der Waals surface area contributed by atoms with Gasteiger partial charge in [0, 0.05) is 18.8 Å². The van der Waals surface area contributed by atoms with Gasteiger partial charge in [0.15, 0.2) is 0 Å². The molecule has 2 fully saturated rings. The van der Waals surface area contributed by atoms with Gasteiger partial charge in [-0.15, -0.1) is 0 Å². The largest absolute Gasteiger partial charge is 0.399 e. The molecule has 1 aromatic carbocycles. The number of sulfonamides is 1. The third kappa shape index (κ3) is 3.04. The Morgan fingerprint density at radius 2 is 1.64 bits per heavy atom. The van der Waals surface area contributed by atoms with Crippen LogP contribution in [0.4, 0.5) is 10.5 Å². The average Bonchev–Trinajstić information content (AvgIpc) is 2.91. The standard InChI is InChI=1S/C15H21N3O3S/c16-13-5-7-14(8-6-13)22(20,21)17-15(19)18-9-11-3-1-2-4-12(11)10-18/h5-8,11-12H,1-4,9-10,16H2,(H,17,19). The van der Waals surface area contributed by atoms with Crippen LogP contribution in [0.5, 0.6) is 0 Å². The molecule has 6 nitrogen and oxygen atoms in total. The highest BCUT2D eigenvalue weighted by molar-refractivity contribution is 7.90. The lowest BCUT2D eigenvalue weighted by Gasteiger charge is -2.22. The third-order valence-corrected chi connectivity index (χ3v) is 6.01. The zero-order valence-corrected chi connectivity index (χ0v) is 13.2. The average molecular weight is 323 g/mol. The van der Waals surface area contributed by atoms with Crippen molar-refractivity contribution in [3.8, 4) is 0 Å². The second-order valence-electron chi connectivity index (χ2n) is 6.19. The number of nitrogens with two attached hydrogens (primary N) is 1. The second kappa shape index (κ2) is 5.79. The predicted octanol–water partition coefficient (Wildman–Crippen LogP) is 1.79. The molecule has 1 aliphatic carbocycles. The Labute approximate surface area is 130 Å². The van der Waals surface area contributed by atoms with E-state index in [1.165, 1.54) is 37.1 Å². The monoisotopic (exact) mass is 323 g/mol. The number of fused-ring (bicyclic) bond motifs is 1. The summed E-state index contributed by atoms with van der Waals surface area (Å²) in [6, 6.07) is 5.28. The van der Waals surface area contributed by atoms with Gasteiger partial charge in [0.1, 0.15) is 0 Å². The van der Waals surface area contributed by atoms with Crippen LogP contribution < -0.4 is 10.5 Å². The molecule has 2 aliphatic rings. The number of nitrogens with zero attached hydrogens (tertiary/aromatic N) is 1. The third-order valence-electron chi connectivity index (χ3n) is 4.68. The van der Waals surface area contributed by atoms with Gasteiger partial charge in [0.2, 0.25) is 0 Å². The van der Waals surface area contributed by atoms with Crippen LogP contribution in [0.15, 0.2) is 29.2 Å². The van der Waals surface area contributed by atoms with E-state index in [2.05, 4.69) is 4.72 Å². The van der Waals surface area contributed by atoms with Crippen molar-refractivity contribution in [2.24, 2.45) is 11.8 Å². The summed E-state index contributed by atoms with van der Waals surface area (Å²) in [5.74, 6) is 1.05. The highest BCUT2D eigenvalue weighted by atomic mass is 32.2.